The van der Waals surface area contributed by atoms with Crippen LogP contribution >= 0.6 is 0 Å². The minimum Gasteiger partial charge on any atom is -0.394 e. The van der Waals surface area contributed by atoms with Crippen molar-refractivity contribution < 1.29 is 39.8 Å². The van der Waals surface area contributed by atoms with Gasteiger partial charge in [-0.3, -0.25) is 4.79 Å². The molecule has 372 valence electrons. The van der Waals surface area contributed by atoms with Gasteiger partial charge in [0.2, 0.25) is 5.91 Å². The van der Waals surface area contributed by atoms with Crippen LogP contribution in [0.1, 0.15) is 194 Å². The maximum absolute atomic E-state index is 13.0. The predicted octanol–water partition coefficient (Wildman–Crippen LogP) is 12.1. The first-order valence-corrected chi connectivity index (χ1v) is 26.0. The van der Waals surface area contributed by atoms with Crippen LogP contribution in [-0.4, -0.2) is 87.5 Å². The minimum absolute atomic E-state index is 0.200. The molecule has 1 rings (SSSR count). The molecule has 0 aromatic carbocycles. The number of nitrogens with one attached hydrogen (secondary N) is 1. The zero-order chi connectivity index (χ0) is 47.3. The standard InChI is InChI=1S/C56H95NO8/c1-3-5-7-9-11-13-15-17-19-20-21-22-23-24-25-26-27-28-29-30-32-34-36-38-40-42-44-46-52(60)57-49(48-64-56-55(63)54(62)53(61)51(47-58)65-56)50(59)45-43-41-39-37-35-33-31-18-16-14-12-10-8-6-4-2/h5,7,11,13,17,19,21-22,24-25,27-28,30,32,43,45,49-51,53-56,58-59,61-63H,3-4,6,8-10,12,14-16,18,20,23,26,29,31,33-42,44,46-48H2,1-2H3,(H,57,60)/b7-5-,13-11-,19-17-,22-21-,25-24-,28-27-,32-30-,45-43+. The first-order chi connectivity index (χ1) is 31.8. The molecular weight excluding hydrogens is 815 g/mol. The Hall–Kier alpha value is -2.89. The lowest BCUT2D eigenvalue weighted by Crippen LogP contribution is -2.60. The van der Waals surface area contributed by atoms with Gasteiger partial charge in [-0.2, -0.15) is 0 Å². The molecule has 1 aliphatic rings. The number of ether oxygens (including phenoxy) is 2. The number of aliphatic hydroxyl groups excluding tert-OH is 5. The summed E-state index contributed by atoms with van der Waals surface area (Å²) in [7, 11) is 0. The second-order valence-corrected chi connectivity index (χ2v) is 17.6. The Morgan fingerprint density at radius 2 is 0.954 bits per heavy atom. The van der Waals surface area contributed by atoms with Crippen molar-refractivity contribution in [1.82, 2.24) is 5.32 Å². The van der Waals surface area contributed by atoms with Crippen molar-refractivity contribution in [1.29, 1.82) is 0 Å². The Kier molecular flexibility index (Phi) is 41.6. The van der Waals surface area contributed by atoms with Crippen LogP contribution in [-0.2, 0) is 14.3 Å². The molecule has 1 fully saturated rings. The fourth-order valence-electron chi connectivity index (χ4n) is 7.55. The van der Waals surface area contributed by atoms with Gasteiger partial charge in [-0.15, -0.1) is 0 Å². The van der Waals surface area contributed by atoms with E-state index in [1.165, 1.54) is 70.6 Å². The summed E-state index contributed by atoms with van der Waals surface area (Å²) in [6.07, 6.45) is 57.3. The molecular formula is C56H95NO8. The van der Waals surface area contributed by atoms with E-state index in [-0.39, 0.29) is 12.5 Å². The maximum Gasteiger partial charge on any atom is 0.220 e. The van der Waals surface area contributed by atoms with Crippen LogP contribution in [0.15, 0.2) is 97.2 Å². The molecule has 9 heteroatoms. The fraction of sp³-hybridized carbons (Fsp3) is 0.696. The predicted molar refractivity (Wildman–Crippen MR) is 271 cm³/mol. The van der Waals surface area contributed by atoms with E-state index in [2.05, 4.69) is 104 Å². The van der Waals surface area contributed by atoms with Gasteiger partial charge in [0.25, 0.3) is 0 Å². The van der Waals surface area contributed by atoms with Crippen LogP contribution in [0.4, 0.5) is 0 Å². The molecule has 0 aromatic rings. The second kappa shape index (κ2) is 44.9. The lowest BCUT2D eigenvalue weighted by molar-refractivity contribution is -0.302. The smallest absolute Gasteiger partial charge is 0.220 e. The highest BCUT2D eigenvalue weighted by atomic mass is 16.7. The number of hydrogen-bond acceptors (Lipinski definition) is 8. The highest BCUT2D eigenvalue weighted by Crippen LogP contribution is 2.22. The van der Waals surface area contributed by atoms with E-state index in [4.69, 9.17) is 9.47 Å². The van der Waals surface area contributed by atoms with E-state index in [1.807, 2.05) is 6.08 Å². The molecule has 0 spiro atoms. The van der Waals surface area contributed by atoms with Crippen molar-refractivity contribution >= 4 is 5.91 Å². The lowest BCUT2D eigenvalue weighted by atomic mass is 9.99. The molecule has 7 unspecified atom stereocenters. The second-order valence-electron chi connectivity index (χ2n) is 17.6. The summed E-state index contributed by atoms with van der Waals surface area (Å²) in [5.74, 6) is -0.200. The normalized spacial score (nSPS) is 20.8. The molecule has 65 heavy (non-hydrogen) atoms. The van der Waals surface area contributed by atoms with Crippen molar-refractivity contribution in [2.24, 2.45) is 0 Å². The van der Waals surface area contributed by atoms with E-state index in [0.29, 0.717) is 6.42 Å². The number of hydrogen-bond donors (Lipinski definition) is 6. The average Bonchev–Trinajstić information content (AvgIpc) is 3.31. The zero-order valence-electron chi connectivity index (χ0n) is 41.0. The third-order valence-corrected chi connectivity index (χ3v) is 11.7. The van der Waals surface area contributed by atoms with E-state index < -0.39 is 49.5 Å². The van der Waals surface area contributed by atoms with Gasteiger partial charge in [0.05, 0.1) is 25.4 Å². The molecule has 1 saturated heterocycles. The Bertz CT molecular complexity index is 1330. The minimum atomic E-state index is -1.58. The van der Waals surface area contributed by atoms with E-state index in [9.17, 15) is 30.3 Å². The molecule has 6 N–H and O–H groups in total. The van der Waals surface area contributed by atoms with Crippen molar-refractivity contribution in [2.45, 2.75) is 236 Å². The highest BCUT2D eigenvalue weighted by Gasteiger charge is 2.44. The molecule has 0 bridgehead atoms. The number of aliphatic hydroxyl groups is 5. The maximum atomic E-state index is 13.0. The van der Waals surface area contributed by atoms with Gasteiger partial charge < -0.3 is 40.3 Å². The average molecular weight is 910 g/mol. The number of unbranched alkanes of at least 4 members (excludes halogenated alkanes) is 18. The fourth-order valence-corrected chi connectivity index (χ4v) is 7.55. The van der Waals surface area contributed by atoms with Crippen LogP contribution in [0.5, 0.6) is 0 Å². The molecule has 0 saturated carbocycles. The Labute approximate surface area is 396 Å². The molecule has 9 nitrogen and oxygen atoms in total. The summed E-state index contributed by atoms with van der Waals surface area (Å²) >= 11 is 0. The third-order valence-electron chi connectivity index (χ3n) is 11.7. The number of rotatable bonds is 42. The zero-order valence-corrected chi connectivity index (χ0v) is 41.0. The summed E-state index contributed by atoms with van der Waals surface area (Å²) in [5, 5.41) is 54.3. The first-order valence-electron chi connectivity index (χ1n) is 26.0. The third kappa shape index (κ3) is 35.0. The van der Waals surface area contributed by atoms with Gasteiger partial charge in [0.15, 0.2) is 6.29 Å². The largest absolute Gasteiger partial charge is 0.394 e. The Morgan fingerprint density at radius 3 is 1.42 bits per heavy atom. The topological polar surface area (TPSA) is 149 Å². The SMILES string of the molecule is CC/C=C\C/C=C\C/C=C\C/C=C\C/C=C\C/C=C\C/C=C\CCCCCCCC(=O)NC(COC1OC(CO)C(O)C(O)C1O)C(O)/C=C/CCCCCCCCCCCCCCC. The quantitative estimate of drug-likeness (QED) is 0.0262. The van der Waals surface area contributed by atoms with Crippen LogP contribution < -0.4 is 5.32 Å². The lowest BCUT2D eigenvalue weighted by Gasteiger charge is -2.40. The molecule has 1 amide bonds. The molecule has 1 aliphatic heterocycles. The van der Waals surface area contributed by atoms with Crippen LogP contribution in [0, 0.1) is 0 Å². The van der Waals surface area contributed by atoms with Crippen molar-refractivity contribution in [3.8, 4) is 0 Å². The van der Waals surface area contributed by atoms with Gasteiger partial charge in [-0.1, -0.05) is 207 Å². The summed E-state index contributed by atoms with van der Waals surface area (Å²) < 4.78 is 11.2. The summed E-state index contributed by atoms with van der Waals surface area (Å²) in [4.78, 5) is 13.0. The summed E-state index contributed by atoms with van der Waals surface area (Å²) in [6, 6.07) is -0.822. The van der Waals surface area contributed by atoms with E-state index in [0.717, 1.165) is 103 Å². The number of carbonyl (C=O) groups is 1. The molecule has 0 radical (unpaired) electrons. The van der Waals surface area contributed by atoms with Gasteiger partial charge >= 0.3 is 0 Å². The first kappa shape index (κ1) is 60.1. The molecule has 0 aliphatic carbocycles. The monoisotopic (exact) mass is 910 g/mol. The van der Waals surface area contributed by atoms with Crippen molar-refractivity contribution in [2.75, 3.05) is 13.2 Å². The van der Waals surface area contributed by atoms with Gasteiger partial charge in [-0.05, 0) is 77.0 Å². The highest BCUT2D eigenvalue weighted by molar-refractivity contribution is 5.76. The van der Waals surface area contributed by atoms with E-state index in [1.54, 1.807) is 6.08 Å². The van der Waals surface area contributed by atoms with Gasteiger partial charge in [0.1, 0.15) is 24.4 Å². The van der Waals surface area contributed by atoms with Crippen molar-refractivity contribution in [3.05, 3.63) is 97.2 Å². The molecule has 7 atom stereocenters. The summed E-state index contributed by atoms with van der Waals surface area (Å²) in [6.45, 7) is 3.64. The Balaban J connectivity index is 2.30. The van der Waals surface area contributed by atoms with Crippen LogP contribution in [0.2, 0.25) is 0 Å². The number of allylic oxidation sites excluding steroid dienone is 15. The molecule has 0 aromatic heterocycles. The van der Waals surface area contributed by atoms with Crippen LogP contribution in [0.25, 0.3) is 0 Å². The number of carbonyl (C=O) groups excluding carboxylic acids is 1. The van der Waals surface area contributed by atoms with Crippen molar-refractivity contribution in [3.63, 3.8) is 0 Å². The molecule has 1 heterocycles. The van der Waals surface area contributed by atoms with Crippen LogP contribution in [0.3, 0.4) is 0 Å². The summed E-state index contributed by atoms with van der Waals surface area (Å²) in [5.41, 5.74) is 0. The Morgan fingerprint density at radius 1 is 0.538 bits per heavy atom. The van der Waals surface area contributed by atoms with E-state index >= 15 is 0 Å². The number of amides is 1. The van der Waals surface area contributed by atoms with Gasteiger partial charge in [0, 0.05) is 6.42 Å². The van der Waals surface area contributed by atoms with Gasteiger partial charge in [-0.25, -0.2) is 0 Å².